The van der Waals surface area contributed by atoms with Crippen LogP contribution in [0.3, 0.4) is 0 Å². The largest absolute Gasteiger partial charge is 0.443 e. The molecule has 0 atom stereocenters. The van der Waals surface area contributed by atoms with Gasteiger partial charge in [-0.25, -0.2) is 9.69 Å². The van der Waals surface area contributed by atoms with Gasteiger partial charge >= 0.3 is 6.09 Å². The van der Waals surface area contributed by atoms with Crippen molar-refractivity contribution in [2.24, 2.45) is 0 Å². The Kier molecular flexibility index (Phi) is 5.09. The highest BCUT2D eigenvalue weighted by Gasteiger charge is 2.33. The molecule has 1 heterocycles. The predicted molar refractivity (Wildman–Crippen MR) is 91.4 cm³/mol. The van der Waals surface area contributed by atoms with Crippen molar-refractivity contribution in [1.82, 2.24) is 0 Å². The molecule has 0 spiro atoms. The van der Waals surface area contributed by atoms with E-state index < -0.39 is 11.7 Å². The Morgan fingerprint density at radius 1 is 1.28 bits per heavy atom. The molecular weight excluding hydrogens is 320 g/mol. The second-order valence-electron chi connectivity index (χ2n) is 6.48. The van der Waals surface area contributed by atoms with Crippen LogP contribution in [0.4, 0.5) is 16.2 Å². The second kappa shape index (κ2) is 7.06. The van der Waals surface area contributed by atoms with E-state index >= 15 is 0 Å². The van der Waals surface area contributed by atoms with Gasteiger partial charge in [-0.1, -0.05) is 0 Å². The Balaban J connectivity index is 2.29. The fourth-order valence-electron chi connectivity index (χ4n) is 2.33. The number of amides is 2. The van der Waals surface area contributed by atoms with Gasteiger partial charge in [0, 0.05) is 18.3 Å². The van der Waals surface area contributed by atoms with Crippen LogP contribution in [0.5, 0.6) is 0 Å². The summed E-state index contributed by atoms with van der Waals surface area (Å²) in [5, 5.41) is 20.3. The van der Waals surface area contributed by atoms with Gasteiger partial charge < -0.3 is 10.1 Å². The first-order valence-electron chi connectivity index (χ1n) is 7.71. The fraction of sp³-hybridized carbons (Fsp3) is 0.333. The molecule has 7 heteroatoms. The number of hydrogen-bond acceptors (Lipinski definition) is 6. The molecule has 0 bridgehead atoms. The molecule has 1 aliphatic rings. The number of aryl methyl sites for hydroxylation is 1. The number of anilines is 2. The second-order valence-corrected chi connectivity index (χ2v) is 6.48. The van der Waals surface area contributed by atoms with Gasteiger partial charge in [-0.2, -0.15) is 10.5 Å². The van der Waals surface area contributed by atoms with E-state index in [-0.39, 0.29) is 17.9 Å². The minimum Gasteiger partial charge on any atom is -0.443 e. The van der Waals surface area contributed by atoms with Crippen LogP contribution in [-0.2, 0) is 16.0 Å². The number of allylic oxidation sites excluding steroid dienone is 1. The Bertz CT molecular complexity index is 806. The van der Waals surface area contributed by atoms with E-state index in [0.717, 1.165) is 10.5 Å². The third-order valence-corrected chi connectivity index (χ3v) is 3.38. The molecule has 0 saturated heterocycles. The summed E-state index contributed by atoms with van der Waals surface area (Å²) in [6, 6.07) is 8.60. The molecule has 1 N–H and O–H groups in total. The van der Waals surface area contributed by atoms with E-state index in [9.17, 15) is 9.59 Å². The summed E-state index contributed by atoms with van der Waals surface area (Å²) in [5.74, 6) is -0.307. The summed E-state index contributed by atoms with van der Waals surface area (Å²) in [4.78, 5) is 25.6. The van der Waals surface area contributed by atoms with Crippen LogP contribution in [0.2, 0.25) is 0 Å². The van der Waals surface area contributed by atoms with Crippen molar-refractivity contribution >= 4 is 23.4 Å². The van der Waals surface area contributed by atoms with Crippen molar-refractivity contribution in [3.8, 4) is 12.1 Å². The van der Waals surface area contributed by atoms with E-state index in [2.05, 4.69) is 5.32 Å². The number of imide groups is 1. The molecule has 7 nitrogen and oxygen atoms in total. The quantitative estimate of drug-likeness (QED) is 0.830. The number of ether oxygens (including phenoxy) is 1. The van der Waals surface area contributed by atoms with E-state index in [1.54, 1.807) is 51.1 Å². The molecule has 0 unspecified atom stereocenters. The first kappa shape index (κ1) is 18.0. The van der Waals surface area contributed by atoms with Crippen LogP contribution in [0, 0.1) is 22.7 Å². The van der Waals surface area contributed by atoms with Gasteiger partial charge in [-0.05, 0) is 51.0 Å². The first-order valence-corrected chi connectivity index (χ1v) is 7.71. The Hall–Kier alpha value is -3.32. The summed E-state index contributed by atoms with van der Waals surface area (Å²) in [6.45, 7) is 5.21. The number of carbonyl (C=O) groups is 2. The molecule has 1 aliphatic heterocycles. The smallest absolute Gasteiger partial charge is 0.421 e. The number of carbonyl (C=O) groups excluding carboxylic acids is 2. The van der Waals surface area contributed by atoms with Crippen LogP contribution in [0.25, 0.3) is 0 Å². The molecule has 0 saturated carbocycles. The van der Waals surface area contributed by atoms with E-state index in [4.69, 9.17) is 15.3 Å². The van der Waals surface area contributed by atoms with E-state index in [0.29, 0.717) is 17.8 Å². The Morgan fingerprint density at radius 3 is 2.56 bits per heavy atom. The van der Waals surface area contributed by atoms with Crippen LogP contribution >= 0.6 is 0 Å². The van der Waals surface area contributed by atoms with Crippen LogP contribution in [-0.4, -0.2) is 17.6 Å². The molecule has 2 amide bonds. The molecule has 1 aromatic rings. The Labute approximate surface area is 146 Å². The number of rotatable bonds is 2. The van der Waals surface area contributed by atoms with Gasteiger partial charge in [0.15, 0.2) is 0 Å². The lowest BCUT2D eigenvalue weighted by Gasteiger charge is -2.30. The first-order chi connectivity index (χ1) is 11.7. The number of nitrogens with one attached hydrogen (secondary N) is 1. The average molecular weight is 338 g/mol. The van der Waals surface area contributed by atoms with Gasteiger partial charge in [-0.15, -0.1) is 0 Å². The van der Waals surface area contributed by atoms with Crippen molar-refractivity contribution in [2.75, 3.05) is 10.2 Å². The third-order valence-electron chi connectivity index (χ3n) is 3.38. The monoisotopic (exact) mass is 338 g/mol. The maximum absolute atomic E-state index is 12.4. The standard InChI is InChI=1S/C18H18N4O3/c1-18(2,3)25-17(24)22-15-6-5-14(21-11-12(9-19)10-20)8-13(15)4-7-16(22)23/h5-6,8,11,21H,4,7H2,1-3H3. The molecule has 0 radical (unpaired) electrons. The molecule has 2 rings (SSSR count). The average Bonchev–Trinajstić information content (AvgIpc) is 2.54. The van der Waals surface area contributed by atoms with Crippen LogP contribution in [0.1, 0.15) is 32.8 Å². The zero-order valence-electron chi connectivity index (χ0n) is 14.3. The zero-order valence-corrected chi connectivity index (χ0v) is 14.3. The number of hydrogen-bond donors (Lipinski definition) is 1. The number of benzene rings is 1. The molecule has 0 aliphatic carbocycles. The normalized spacial score (nSPS) is 13.2. The van der Waals surface area contributed by atoms with Gasteiger partial charge in [0.1, 0.15) is 23.3 Å². The highest BCUT2D eigenvalue weighted by atomic mass is 16.6. The molecule has 0 aromatic heterocycles. The van der Waals surface area contributed by atoms with Crippen molar-refractivity contribution in [3.05, 3.63) is 35.5 Å². The molecule has 0 fully saturated rings. The number of nitriles is 2. The SMILES string of the molecule is CC(C)(C)OC(=O)N1C(=O)CCc2cc(NC=C(C#N)C#N)ccc21. The van der Waals surface area contributed by atoms with Crippen molar-refractivity contribution in [1.29, 1.82) is 10.5 Å². The van der Waals surface area contributed by atoms with Gasteiger partial charge in [0.05, 0.1) is 5.69 Å². The van der Waals surface area contributed by atoms with E-state index in [1.165, 1.54) is 6.20 Å². The lowest BCUT2D eigenvalue weighted by atomic mass is 10.0. The summed E-state index contributed by atoms with van der Waals surface area (Å²) >= 11 is 0. The maximum atomic E-state index is 12.4. The third kappa shape index (κ3) is 4.36. The van der Waals surface area contributed by atoms with Gasteiger partial charge in [0.2, 0.25) is 5.91 Å². The van der Waals surface area contributed by atoms with Crippen molar-refractivity contribution < 1.29 is 14.3 Å². The zero-order chi connectivity index (χ0) is 18.6. The maximum Gasteiger partial charge on any atom is 0.421 e. The summed E-state index contributed by atoms with van der Waals surface area (Å²) in [7, 11) is 0. The highest BCUT2D eigenvalue weighted by Crippen LogP contribution is 2.31. The number of fused-ring (bicyclic) bond motifs is 1. The Morgan fingerprint density at radius 2 is 1.96 bits per heavy atom. The molecule has 128 valence electrons. The molecule has 1 aromatic carbocycles. The van der Waals surface area contributed by atoms with Crippen molar-refractivity contribution in [3.63, 3.8) is 0 Å². The fourth-order valence-corrected chi connectivity index (χ4v) is 2.33. The number of nitrogens with zero attached hydrogens (tertiary/aromatic N) is 3. The predicted octanol–water partition coefficient (Wildman–Crippen LogP) is 3.24. The van der Waals surface area contributed by atoms with Crippen molar-refractivity contribution in [2.45, 2.75) is 39.2 Å². The van der Waals surface area contributed by atoms with Gasteiger partial charge in [-0.3, -0.25) is 4.79 Å². The molecular formula is C18H18N4O3. The topological polar surface area (TPSA) is 106 Å². The highest BCUT2D eigenvalue weighted by molar-refractivity contribution is 6.14. The molecule has 25 heavy (non-hydrogen) atoms. The van der Waals surface area contributed by atoms with Crippen LogP contribution in [0.15, 0.2) is 30.0 Å². The summed E-state index contributed by atoms with van der Waals surface area (Å²) in [6.07, 6.45) is 1.31. The minimum atomic E-state index is -0.702. The lowest BCUT2D eigenvalue weighted by molar-refractivity contribution is -0.118. The summed E-state index contributed by atoms with van der Waals surface area (Å²) in [5.41, 5.74) is 1.19. The lowest BCUT2D eigenvalue weighted by Crippen LogP contribution is -2.43. The van der Waals surface area contributed by atoms with E-state index in [1.807, 2.05) is 0 Å². The van der Waals surface area contributed by atoms with Crippen LogP contribution < -0.4 is 10.2 Å². The summed E-state index contributed by atoms with van der Waals surface area (Å²) < 4.78 is 5.31. The minimum absolute atomic E-state index is 0.0525. The van der Waals surface area contributed by atoms with Gasteiger partial charge in [0.25, 0.3) is 0 Å².